The summed E-state index contributed by atoms with van der Waals surface area (Å²) in [6, 6.07) is 5.79. The lowest BCUT2D eigenvalue weighted by Crippen LogP contribution is -1.76. The van der Waals surface area contributed by atoms with Crippen molar-refractivity contribution in [3.8, 4) is 0 Å². The van der Waals surface area contributed by atoms with Gasteiger partial charge in [-0.25, -0.2) is 0 Å². The Morgan fingerprint density at radius 2 is 2.08 bits per heavy atom. The van der Waals surface area contributed by atoms with E-state index < -0.39 is 0 Å². The molecule has 0 amide bonds. The minimum absolute atomic E-state index is 0.480. The number of thiophene rings is 1. The molecule has 0 bridgehead atoms. The van der Waals surface area contributed by atoms with Crippen LogP contribution in [0.3, 0.4) is 0 Å². The van der Waals surface area contributed by atoms with E-state index in [1.165, 1.54) is 11.3 Å². The van der Waals surface area contributed by atoms with Crippen molar-refractivity contribution in [2.24, 2.45) is 0 Å². The first-order valence-electron chi connectivity index (χ1n) is 3.74. The third kappa shape index (κ3) is 1.62. The van der Waals surface area contributed by atoms with Gasteiger partial charge in [0.1, 0.15) is 0 Å². The fourth-order valence-electron chi connectivity index (χ4n) is 1.25. The second-order valence-corrected chi connectivity index (χ2v) is 4.56. The van der Waals surface area contributed by atoms with Gasteiger partial charge in [0.15, 0.2) is 0 Å². The van der Waals surface area contributed by atoms with Gasteiger partial charge in [0.05, 0.1) is 5.00 Å². The summed E-state index contributed by atoms with van der Waals surface area (Å²) >= 11 is 13.3. The SMILES string of the molecule is Nc1cc2c(Cl)cc(CCl)cc2s1. The lowest BCUT2D eigenvalue weighted by molar-refractivity contribution is 1.43. The fraction of sp³-hybridized carbons (Fsp3) is 0.111. The molecule has 1 aromatic carbocycles. The number of nitrogen functional groups attached to an aromatic ring is 1. The van der Waals surface area contributed by atoms with Crippen LogP contribution in [0.25, 0.3) is 10.1 Å². The first-order chi connectivity index (χ1) is 6.20. The number of hydrogen-bond donors (Lipinski definition) is 1. The molecule has 0 aliphatic rings. The van der Waals surface area contributed by atoms with E-state index in [4.69, 9.17) is 28.9 Å². The third-order valence-corrected chi connectivity index (χ3v) is 3.35. The molecule has 2 N–H and O–H groups in total. The minimum Gasteiger partial charge on any atom is -0.391 e. The normalized spacial score (nSPS) is 10.9. The molecule has 1 nitrogen and oxygen atoms in total. The van der Waals surface area contributed by atoms with Crippen LogP contribution in [-0.4, -0.2) is 0 Å². The van der Waals surface area contributed by atoms with Crippen LogP contribution in [0.1, 0.15) is 5.56 Å². The summed E-state index contributed by atoms with van der Waals surface area (Å²) in [7, 11) is 0. The fourth-order valence-corrected chi connectivity index (χ4v) is 2.67. The van der Waals surface area contributed by atoms with Crippen LogP contribution in [0, 0.1) is 0 Å². The second kappa shape index (κ2) is 3.37. The Labute approximate surface area is 90.1 Å². The van der Waals surface area contributed by atoms with Gasteiger partial charge in [-0.1, -0.05) is 11.6 Å². The number of hydrogen-bond acceptors (Lipinski definition) is 2. The van der Waals surface area contributed by atoms with E-state index in [0.717, 1.165) is 25.7 Å². The van der Waals surface area contributed by atoms with E-state index in [2.05, 4.69) is 0 Å². The lowest BCUT2D eigenvalue weighted by atomic mass is 10.2. The summed E-state index contributed by atoms with van der Waals surface area (Å²) in [6.45, 7) is 0. The van der Waals surface area contributed by atoms with E-state index >= 15 is 0 Å². The molecular formula is C9H7Cl2NS. The first kappa shape index (κ1) is 9.13. The molecule has 1 aromatic heterocycles. The number of anilines is 1. The topological polar surface area (TPSA) is 26.0 Å². The van der Waals surface area contributed by atoms with Crippen molar-refractivity contribution >= 4 is 49.6 Å². The smallest absolute Gasteiger partial charge is 0.0869 e. The third-order valence-electron chi connectivity index (χ3n) is 1.82. The maximum absolute atomic E-state index is 6.05. The van der Waals surface area contributed by atoms with Gasteiger partial charge in [-0.05, 0) is 23.8 Å². The Morgan fingerprint density at radius 1 is 1.31 bits per heavy atom. The maximum Gasteiger partial charge on any atom is 0.0869 e. The number of fused-ring (bicyclic) bond motifs is 1. The zero-order valence-corrected chi connectivity index (χ0v) is 9.01. The van der Waals surface area contributed by atoms with Crippen LogP contribution in [0.15, 0.2) is 18.2 Å². The molecule has 0 aliphatic carbocycles. The van der Waals surface area contributed by atoms with Crippen molar-refractivity contribution in [2.75, 3.05) is 5.73 Å². The van der Waals surface area contributed by atoms with Crippen LogP contribution >= 0.6 is 34.5 Å². The lowest BCUT2D eigenvalue weighted by Gasteiger charge is -1.97. The summed E-state index contributed by atoms with van der Waals surface area (Å²) in [4.78, 5) is 0. The summed E-state index contributed by atoms with van der Waals surface area (Å²) in [6.07, 6.45) is 0. The highest BCUT2D eigenvalue weighted by Gasteiger charge is 2.05. The van der Waals surface area contributed by atoms with Crippen molar-refractivity contribution in [1.82, 2.24) is 0 Å². The maximum atomic E-state index is 6.05. The average molecular weight is 232 g/mol. The minimum atomic E-state index is 0.480. The van der Waals surface area contributed by atoms with Gasteiger partial charge in [-0.2, -0.15) is 0 Å². The Kier molecular flexibility index (Phi) is 2.37. The monoisotopic (exact) mass is 231 g/mol. The van der Waals surface area contributed by atoms with Gasteiger partial charge >= 0.3 is 0 Å². The second-order valence-electron chi connectivity index (χ2n) is 2.77. The van der Waals surface area contributed by atoms with Crippen LogP contribution in [0.5, 0.6) is 0 Å². The van der Waals surface area contributed by atoms with Gasteiger partial charge in [0.25, 0.3) is 0 Å². The molecule has 0 fully saturated rings. The largest absolute Gasteiger partial charge is 0.391 e. The molecule has 0 radical (unpaired) electrons. The van der Waals surface area contributed by atoms with Crippen LogP contribution < -0.4 is 5.73 Å². The highest BCUT2D eigenvalue weighted by molar-refractivity contribution is 7.22. The van der Waals surface area contributed by atoms with Gasteiger partial charge in [0, 0.05) is 21.0 Å². The molecule has 0 unspecified atom stereocenters. The Hall–Kier alpha value is -0.440. The molecule has 2 aromatic rings. The number of halogens is 2. The van der Waals surface area contributed by atoms with Gasteiger partial charge < -0.3 is 5.73 Å². The zero-order valence-electron chi connectivity index (χ0n) is 6.68. The summed E-state index contributed by atoms with van der Waals surface area (Å²) in [5.41, 5.74) is 6.71. The van der Waals surface area contributed by atoms with Gasteiger partial charge in [-0.3, -0.25) is 0 Å². The van der Waals surface area contributed by atoms with E-state index in [-0.39, 0.29) is 0 Å². The molecule has 13 heavy (non-hydrogen) atoms. The molecule has 0 spiro atoms. The van der Waals surface area contributed by atoms with Crippen molar-refractivity contribution in [3.05, 3.63) is 28.8 Å². The standard InChI is InChI=1S/C9H7Cl2NS/c10-4-5-1-7(11)6-3-9(12)13-8(6)2-5/h1-3H,4,12H2. The Balaban J connectivity index is 2.75. The molecule has 0 atom stereocenters. The number of alkyl halides is 1. The highest BCUT2D eigenvalue weighted by Crippen LogP contribution is 2.34. The van der Waals surface area contributed by atoms with Crippen molar-refractivity contribution in [3.63, 3.8) is 0 Å². The predicted molar refractivity (Wildman–Crippen MR) is 60.8 cm³/mol. The van der Waals surface area contributed by atoms with E-state index in [9.17, 15) is 0 Å². The number of nitrogens with two attached hydrogens (primary N) is 1. The average Bonchev–Trinajstić information content (AvgIpc) is 2.46. The van der Waals surface area contributed by atoms with Crippen LogP contribution in [0.4, 0.5) is 5.00 Å². The summed E-state index contributed by atoms with van der Waals surface area (Å²) < 4.78 is 1.10. The summed E-state index contributed by atoms with van der Waals surface area (Å²) in [5, 5.41) is 2.52. The van der Waals surface area contributed by atoms with E-state index in [1.807, 2.05) is 18.2 Å². The number of benzene rings is 1. The molecule has 4 heteroatoms. The van der Waals surface area contributed by atoms with Gasteiger partial charge in [-0.15, -0.1) is 22.9 Å². The van der Waals surface area contributed by atoms with E-state index in [0.29, 0.717) is 5.88 Å². The summed E-state index contributed by atoms with van der Waals surface area (Å²) in [5.74, 6) is 0.480. The molecule has 68 valence electrons. The Morgan fingerprint density at radius 3 is 2.77 bits per heavy atom. The molecule has 0 saturated heterocycles. The van der Waals surface area contributed by atoms with Crippen LogP contribution in [-0.2, 0) is 5.88 Å². The predicted octanol–water partition coefficient (Wildman–Crippen LogP) is 3.88. The number of rotatable bonds is 1. The molecule has 2 rings (SSSR count). The molecule has 0 saturated carbocycles. The molecule has 0 aliphatic heterocycles. The zero-order chi connectivity index (χ0) is 9.42. The van der Waals surface area contributed by atoms with Crippen LogP contribution in [0.2, 0.25) is 5.02 Å². The van der Waals surface area contributed by atoms with Crippen molar-refractivity contribution in [2.45, 2.75) is 5.88 Å². The molecular weight excluding hydrogens is 225 g/mol. The van der Waals surface area contributed by atoms with Gasteiger partial charge in [0.2, 0.25) is 0 Å². The van der Waals surface area contributed by atoms with Crippen molar-refractivity contribution in [1.29, 1.82) is 0 Å². The van der Waals surface area contributed by atoms with Crippen molar-refractivity contribution < 1.29 is 0 Å². The quantitative estimate of drug-likeness (QED) is 0.742. The Bertz CT molecular complexity index is 450. The molecule has 1 heterocycles. The highest BCUT2D eigenvalue weighted by atomic mass is 35.5. The first-order valence-corrected chi connectivity index (χ1v) is 5.47. The van der Waals surface area contributed by atoms with E-state index in [1.54, 1.807) is 0 Å².